The predicted octanol–water partition coefficient (Wildman–Crippen LogP) is 2.82. The Hall–Kier alpha value is -1.85. The Morgan fingerprint density at radius 3 is 3.00 bits per heavy atom. The molecule has 0 saturated carbocycles. The van der Waals surface area contributed by atoms with Gasteiger partial charge in [-0.15, -0.1) is 0 Å². The molecule has 6 nitrogen and oxygen atoms in total. The molecule has 1 atom stereocenters. The minimum absolute atomic E-state index is 0.162. The predicted molar refractivity (Wildman–Crippen MR) is 98.3 cm³/mol. The summed E-state index contributed by atoms with van der Waals surface area (Å²) in [7, 11) is 0. The monoisotopic (exact) mass is 333 g/mol. The van der Waals surface area contributed by atoms with Crippen LogP contribution in [-0.2, 0) is 4.79 Å². The van der Waals surface area contributed by atoms with Gasteiger partial charge in [-0.05, 0) is 45.4 Å². The molecule has 0 aromatic carbocycles. The normalized spacial score (nSPS) is 17.8. The molecule has 2 heterocycles. The maximum atomic E-state index is 11.8. The van der Waals surface area contributed by atoms with E-state index in [2.05, 4.69) is 32.4 Å². The summed E-state index contributed by atoms with van der Waals surface area (Å²) < 4.78 is 0. The van der Waals surface area contributed by atoms with Crippen molar-refractivity contribution < 1.29 is 4.79 Å². The lowest BCUT2D eigenvalue weighted by Crippen LogP contribution is -2.37. The van der Waals surface area contributed by atoms with E-state index in [1.807, 2.05) is 19.9 Å². The molecule has 0 aliphatic carbocycles. The van der Waals surface area contributed by atoms with E-state index in [4.69, 9.17) is 0 Å². The van der Waals surface area contributed by atoms with E-state index in [0.29, 0.717) is 12.3 Å². The van der Waals surface area contributed by atoms with Gasteiger partial charge in [-0.2, -0.15) is 0 Å². The van der Waals surface area contributed by atoms with Gasteiger partial charge >= 0.3 is 0 Å². The van der Waals surface area contributed by atoms with Crippen LogP contribution in [-0.4, -0.2) is 41.6 Å². The van der Waals surface area contributed by atoms with Crippen molar-refractivity contribution in [3.63, 3.8) is 0 Å². The first-order chi connectivity index (χ1) is 11.6. The molecule has 134 valence electrons. The van der Waals surface area contributed by atoms with Gasteiger partial charge in [0, 0.05) is 38.2 Å². The van der Waals surface area contributed by atoms with E-state index in [0.717, 1.165) is 50.5 Å². The van der Waals surface area contributed by atoms with Gasteiger partial charge in [-0.1, -0.05) is 6.92 Å². The molecule has 1 amide bonds. The van der Waals surface area contributed by atoms with E-state index in [-0.39, 0.29) is 11.9 Å². The highest BCUT2D eigenvalue weighted by molar-refractivity contribution is 5.76. The van der Waals surface area contributed by atoms with Gasteiger partial charge < -0.3 is 15.5 Å². The van der Waals surface area contributed by atoms with Crippen molar-refractivity contribution >= 4 is 17.5 Å². The fraction of sp³-hybridized carbons (Fsp3) is 0.722. The molecule has 0 spiro atoms. The summed E-state index contributed by atoms with van der Waals surface area (Å²) in [5.74, 6) is 2.59. The van der Waals surface area contributed by atoms with Crippen LogP contribution < -0.4 is 15.5 Å². The van der Waals surface area contributed by atoms with Crippen molar-refractivity contribution in [3.05, 3.63) is 12.4 Å². The summed E-state index contributed by atoms with van der Waals surface area (Å²) in [5.41, 5.74) is 0. The molecule has 24 heavy (non-hydrogen) atoms. The molecule has 2 rings (SSSR count). The van der Waals surface area contributed by atoms with Gasteiger partial charge in [0.25, 0.3) is 0 Å². The number of piperidine rings is 1. The topological polar surface area (TPSA) is 70.2 Å². The van der Waals surface area contributed by atoms with Gasteiger partial charge in [-0.3, -0.25) is 4.79 Å². The number of anilines is 2. The zero-order valence-electron chi connectivity index (χ0n) is 15.2. The Bertz CT molecular complexity index is 520. The Kier molecular flexibility index (Phi) is 7.28. The Morgan fingerprint density at radius 2 is 2.25 bits per heavy atom. The first kappa shape index (κ1) is 18.5. The zero-order valence-corrected chi connectivity index (χ0v) is 15.2. The van der Waals surface area contributed by atoms with Gasteiger partial charge in [0.2, 0.25) is 5.91 Å². The summed E-state index contributed by atoms with van der Waals surface area (Å²) in [4.78, 5) is 22.9. The summed E-state index contributed by atoms with van der Waals surface area (Å²) in [6.45, 7) is 9.06. The SMILES string of the molecule is CCCNc1cc(N2CCCC(CCC(=O)NC(C)C)C2)ncn1. The Balaban J connectivity index is 1.87. The fourth-order valence-electron chi connectivity index (χ4n) is 3.11. The highest BCUT2D eigenvalue weighted by Gasteiger charge is 2.22. The van der Waals surface area contributed by atoms with Crippen molar-refractivity contribution in [1.82, 2.24) is 15.3 Å². The number of nitrogens with one attached hydrogen (secondary N) is 2. The molecule has 1 fully saturated rings. The van der Waals surface area contributed by atoms with Crippen molar-refractivity contribution in [2.45, 2.75) is 58.9 Å². The van der Waals surface area contributed by atoms with E-state index in [1.165, 1.54) is 6.42 Å². The van der Waals surface area contributed by atoms with Gasteiger partial charge in [0.15, 0.2) is 0 Å². The third kappa shape index (κ3) is 5.98. The molecule has 6 heteroatoms. The maximum Gasteiger partial charge on any atom is 0.220 e. The van der Waals surface area contributed by atoms with Gasteiger partial charge in [-0.25, -0.2) is 9.97 Å². The smallest absolute Gasteiger partial charge is 0.220 e. The van der Waals surface area contributed by atoms with E-state index < -0.39 is 0 Å². The van der Waals surface area contributed by atoms with Crippen molar-refractivity contribution in [3.8, 4) is 0 Å². The van der Waals surface area contributed by atoms with Crippen LogP contribution in [0, 0.1) is 5.92 Å². The van der Waals surface area contributed by atoms with E-state index >= 15 is 0 Å². The summed E-state index contributed by atoms with van der Waals surface area (Å²) in [5, 5.41) is 6.28. The summed E-state index contributed by atoms with van der Waals surface area (Å²) >= 11 is 0. The second-order valence-corrected chi connectivity index (χ2v) is 6.90. The van der Waals surface area contributed by atoms with Crippen LogP contribution in [0.25, 0.3) is 0 Å². The quantitative estimate of drug-likeness (QED) is 0.765. The third-order valence-corrected chi connectivity index (χ3v) is 4.28. The summed E-state index contributed by atoms with van der Waals surface area (Å²) in [6, 6.07) is 2.25. The average molecular weight is 333 g/mol. The molecule has 1 aliphatic heterocycles. The standard InChI is InChI=1S/C18H31N5O/c1-4-9-19-16-11-17(21-13-20-16)23-10-5-6-15(12-23)7-8-18(24)22-14(2)3/h11,13-15H,4-10,12H2,1-3H3,(H,22,24)(H,19,20,21). The van der Waals surface area contributed by atoms with E-state index in [9.17, 15) is 4.79 Å². The number of hydrogen-bond donors (Lipinski definition) is 2. The first-order valence-electron chi connectivity index (χ1n) is 9.18. The summed E-state index contributed by atoms with van der Waals surface area (Å²) in [6.07, 6.45) is 6.61. The number of nitrogens with zero attached hydrogens (tertiary/aromatic N) is 3. The number of hydrogen-bond acceptors (Lipinski definition) is 5. The largest absolute Gasteiger partial charge is 0.370 e. The lowest BCUT2D eigenvalue weighted by molar-refractivity contribution is -0.121. The molecule has 2 N–H and O–H groups in total. The molecule has 1 aliphatic rings. The first-order valence-corrected chi connectivity index (χ1v) is 9.18. The van der Waals surface area contributed by atoms with Crippen LogP contribution in [0.2, 0.25) is 0 Å². The number of carbonyl (C=O) groups is 1. The number of carbonyl (C=O) groups excluding carboxylic acids is 1. The van der Waals surface area contributed by atoms with Crippen molar-refractivity contribution in [2.75, 3.05) is 29.9 Å². The third-order valence-electron chi connectivity index (χ3n) is 4.28. The van der Waals surface area contributed by atoms with Crippen LogP contribution in [0.4, 0.5) is 11.6 Å². The van der Waals surface area contributed by atoms with Gasteiger partial charge in [0.05, 0.1) is 0 Å². The molecule has 1 saturated heterocycles. The minimum atomic E-state index is 0.162. The molecule has 0 bridgehead atoms. The van der Waals surface area contributed by atoms with Crippen LogP contribution in [0.5, 0.6) is 0 Å². The highest BCUT2D eigenvalue weighted by atomic mass is 16.1. The number of aromatic nitrogens is 2. The molecule has 1 aromatic rings. The van der Waals surface area contributed by atoms with Crippen LogP contribution in [0.3, 0.4) is 0 Å². The van der Waals surface area contributed by atoms with Gasteiger partial charge in [0.1, 0.15) is 18.0 Å². The molecular formula is C18H31N5O. The van der Waals surface area contributed by atoms with Crippen LogP contribution in [0.1, 0.15) is 52.9 Å². The van der Waals surface area contributed by atoms with Crippen molar-refractivity contribution in [1.29, 1.82) is 0 Å². The fourth-order valence-corrected chi connectivity index (χ4v) is 3.11. The van der Waals surface area contributed by atoms with Crippen LogP contribution in [0.15, 0.2) is 12.4 Å². The second-order valence-electron chi connectivity index (χ2n) is 6.90. The molecule has 0 radical (unpaired) electrons. The van der Waals surface area contributed by atoms with Crippen LogP contribution >= 0.6 is 0 Å². The van der Waals surface area contributed by atoms with E-state index in [1.54, 1.807) is 6.33 Å². The Labute approximate surface area is 145 Å². The number of amides is 1. The Morgan fingerprint density at radius 1 is 1.42 bits per heavy atom. The minimum Gasteiger partial charge on any atom is -0.370 e. The average Bonchev–Trinajstić information content (AvgIpc) is 2.58. The highest BCUT2D eigenvalue weighted by Crippen LogP contribution is 2.25. The lowest BCUT2D eigenvalue weighted by atomic mass is 9.93. The zero-order chi connectivity index (χ0) is 17.4. The van der Waals surface area contributed by atoms with Crippen molar-refractivity contribution in [2.24, 2.45) is 5.92 Å². The lowest BCUT2D eigenvalue weighted by Gasteiger charge is -2.33. The molecule has 1 aromatic heterocycles. The molecular weight excluding hydrogens is 302 g/mol. The second kappa shape index (κ2) is 9.45. The number of rotatable bonds is 8. The molecule has 1 unspecified atom stereocenters. The maximum absolute atomic E-state index is 11.8.